The normalized spacial score (nSPS) is 10.8. The molecule has 0 N–H and O–H groups in total. The molecule has 0 aromatic heterocycles. The molecule has 0 saturated heterocycles. The molecule has 0 aliphatic carbocycles. The minimum absolute atomic E-state index is 0.540. The molecular weight excluding hydrogens is 148 g/mol. The third-order valence-electron chi connectivity index (χ3n) is 0.933. The summed E-state index contributed by atoms with van der Waals surface area (Å²) in [6, 6.07) is 0. The van der Waals surface area contributed by atoms with Crippen molar-refractivity contribution < 1.29 is 19.4 Å². The summed E-state index contributed by atoms with van der Waals surface area (Å²) >= 11 is 0. The van der Waals surface area contributed by atoms with E-state index in [4.69, 9.17) is 0 Å². The lowest BCUT2D eigenvalue weighted by Gasteiger charge is -2.16. The number of hydrogen-bond donors (Lipinski definition) is 0. The van der Waals surface area contributed by atoms with Gasteiger partial charge in [0.05, 0.1) is 11.4 Å². The Bertz CT molecular complexity index is 166. The molecule has 0 atom stereocenters. The maximum Gasteiger partial charge on any atom is 0.311 e. The number of hydrogen-bond acceptors (Lipinski definition) is 4. The number of rotatable bonds is 2. The quantitative estimate of drug-likeness (QED) is 0.501. The van der Waals surface area contributed by atoms with Crippen LogP contribution in [0.25, 0.3) is 0 Å². The van der Waals surface area contributed by atoms with E-state index in [2.05, 4.69) is 4.74 Å². The Hall–Kier alpha value is -1.06. The van der Waals surface area contributed by atoms with Crippen LogP contribution in [0.15, 0.2) is 0 Å². The summed E-state index contributed by atoms with van der Waals surface area (Å²) in [6.45, 7) is 4.26. The number of ether oxygens (including phenoxy) is 1. The van der Waals surface area contributed by atoms with E-state index in [1.54, 1.807) is 20.8 Å². The molecule has 0 aromatic rings. The summed E-state index contributed by atoms with van der Waals surface area (Å²) in [5.74, 6) is -1.93. The highest BCUT2D eigenvalue weighted by atomic mass is 16.6. The molecule has 4 heteroatoms. The Kier molecular flexibility index (Phi) is 3.04. The maximum absolute atomic E-state index is 10.9. The first kappa shape index (κ1) is 9.94. The number of esters is 1. The van der Waals surface area contributed by atoms with Crippen LogP contribution < -0.4 is 5.11 Å². The molecule has 4 nitrogen and oxygen atoms in total. The van der Waals surface area contributed by atoms with Crippen molar-refractivity contribution in [2.75, 3.05) is 6.61 Å². The second kappa shape index (κ2) is 3.37. The smallest absolute Gasteiger partial charge is 0.311 e. The summed E-state index contributed by atoms with van der Waals surface area (Å²) in [4.78, 5) is 20.7. The number of carboxylic acid groups (broad SMARTS) is 1. The molecule has 0 rings (SSSR count). The van der Waals surface area contributed by atoms with E-state index in [1.165, 1.54) is 0 Å². The van der Waals surface area contributed by atoms with E-state index in [0.29, 0.717) is 0 Å². The third-order valence-corrected chi connectivity index (χ3v) is 0.933. The number of carbonyl (C=O) groups excluding carboxylic acids is 2. The van der Waals surface area contributed by atoms with Crippen LogP contribution in [0.1, 0.15) is 20.8 Å². The van der Waals surface area contributed by atoms with Gasteiger partial charge in [-0.1, -0.05) is 0 Å². The van der Waals surface area contributed by atoms with Gasteiger partial charge in [-0.15, -0.1) is 0 Å². The molecule has 0 aromatic carbocycles. The van der Waals surface area contributed by atoms with Crippen LogP contribution in [0.4, 0.5) is 0 Å². The highest BCUT2D eigenvalue weighted by Gasteiger charge is 2.22. The van der Waals surface area contributed by atoms with Crippen molar-refractivity contribution in [3.05, 3.63) is 0 Å². The zero-order valence-electron chi connectivity index (χ0n) is 6.84. The average molecular weight is 159 g/mol. The molecule has 0 bridgehead atoms. The summed E-state index contributed by atoms with van der Waals surface area (Å²) in [6.07, 6.45) is 0. The molecule has 0 aliphatic rings. The van der Waals surface area contributed by atoms with Gasteiger partial charge >= 0.3 is 5.97 Å². The van der Waals surface area contributed by atoms with E-state index in [1.807, 2.05) is 0 Å². The predicted molar refractivity (Wildman–Crippen MR) is 35.4 cm³/mol. The van der Waals surface area contributed by atoms with Gasteiger partial charge in [0.1, 0.15) is 6.61 Å². The molecule has 0 spiro atoms. The lowest BCUT2D eigenvalue weighted by molar-refractivity contribution is -0.309. The Morgan fingerprint density at radius 2 is 1.82 bits per heavy atom. The lowest BCUT2D eigenvalue weighted by Crippen LogP contribution is -2.32. The fourth-order valence-corrected chi connectivity index (χ4v) is 0.341. The van der Waals surface area contributed by atoms with Crippen LogP contribution >= 0.6 is 0 Å². The monoisotopic (exact) mass is 159 g/mol. The molecule has 64 valence electrons. The third kappa shape index (κ3) is 4.36. The average Bonchev–Trinajstić information content (AvgIpc) is 1.80. The molecular formula is C7H11O4-. The first-order chi connectivity index (χ1) is 4.84. The fraction of sp³-hybridized carbons (Fsp3) is 0.714. The molecule has 0 amide bonds. The highest BCUT2D eigenvalue weighted by Crippen LogP contribution is 2.14. The molecule has 0 heterocycles. The molecule has 0 fully saturated rings. The van der Waals surface area contributed by atoms with E-state index >= 15 is 0 Å². The largest absolute Gasteiger partial charge is 0.546 e. The zero-order chi connectivity index (χ0) is 9.07. The van der Waals surface area contributed by atoms with Crippen molar-refractivity contribution in [3.8, 4) is 0 Å². The SMILES string of the molecule is CC(C)(C)C(=O)OCC(=O)[O-]. The number of carbonyl (C=O) groups is 2. The molecule has 0 saturated carbocycles. The first-order valence-electron chi connectivity index (χ1n) is 3.21. The van der Waals surface area contributed by atoms with Crippen molar-refractivity contribution in [2.24, 2.45) is 5.41 Å². The molecule has 0 unspecified atom stereocenters. The first-order valence-corrected chi connectivity index (χ1v) is 3.21. The van der Waals surface area contributed by atoms with Crippen molar-refractivity contribution in [1.29, 1.82) is 0 Å². The second-order valence-corrected chi connectivity index (χ2v) is 3.20. The minimum Gasteiger partial charge on any atom is -0.546 e. The van der Waals surface area contributed by atoms with E-state index in [0.717, 1.165) is 0 Å². The summed E-state index contributed by atoms with van der Waals surface area (Å²) < 4.78 is 4.37. The predicted octanol–water partition coefficient (Wildman–Crippen LogP) is -0.674. The highest BCUT2D eigenvalue weighted by molar-refractivity contribution is 5.78. The molecule has 0 radical (unpaired) electrons. The topological polar surface area (TPSA) is 66.4 Å². The van der Waals surface area contributed by atoms with Crippen molar-refractivity contribution in [1.82, 2.24) is 0 Å². The Balaban J connectivity index is 3.80. The van der Waals surface area contributed by atoms with Gasteiger partial charge in [-0.25, -0.2) is 0 Å². The van der Waals surface area contributed by atoms with Crippen LogP contribution in [-0.4, -0.2) is 18.5 Å². The van der Waals surface area contributed by atoms with Gasteiger partial charge in [-0.2, -0.15) is 0 Å². The standard InChI is InChI=1S/C7H12O4/c1-7(2,3)6(10)11-4-5(8)9/h4H2,1-3H3,(H,8,9)/p-1. The Morgan fingerprint density at radius 1 is 1.36 bits per heavy atom. The Labute approximate surface area is 65.2 Å². The van der Waals surface area contributed by atoms with E-state index < -0.39 is 24.0 Å². The van der Waals surface area contributed by atoms with Gasteiger partial charge in [0.25, 0.3) is 0 Å². The van der Waals surface area contributed by atoms with Crippen LogP contribution in [0, 0.1) is 5.41 Å². The van der Waals surface area contributed by atoms with E-state index in [9.17, 15) is 14.7 Å². The van der Waals surface area contributed by atoms with Crippen molar-refractivity contribution >= 4 is 11.9 Å². The van der Waals surface area contributed by atoms with Gasteiger partial charge in [0, 0.05) is 0 Å². The van der Waals surface area contributed by atoms with Gasteiger partial charge in [-0.05, 0) is 20.8 Å². The zero-order valence-corrected chi connectivity index (χ0v) is 6.84. The lowest BCUT2D eigenvalue weighted by atomic mass is 9.97. The van der Waals surface area contributed by atoms with Crippen LogP contribution in [-0.2, 0) is 14.3 Å². The second-order valence-electron chi connectivity index (χ2n) is 3.20. The van der Waals surface area contributed by atoms with Crippen LogP contribution in [0.2, 0.25) is 0 Å². The maximum atomic E-state index is 10.9. The van der Waals surface area contributed by atoms with Crippen molar-refractivity contribution in [2.45, 2.75) is 20.8 Å². The minimum atomic E-state index is -1.39. The van der Waals surface area contributed by atoms with Crippen LogP contribution in [0.5, 0.6) is 0 Å². The van der Waals surface area contributed by atoms with Gasteiger partial charge in [-0.3, -0.25) is 4.79 Å². The Morgan fingerprint density at radius 3 is 2.09 bits per heavy atom. The summed E-state index contributed by atoms with van der Waals surface area (Å²) in [5, 5.41) is 9.84. The summed E-state index contributed by atoms with van der Waals surface area (Å²) in [7, 11) is 0. The summed E-state index contributed by atoms with van der Waals surface area (Å²) in [5.41, 5.74) is -0.657. The molecule has 11 heavy (non-hydrogen) atoms. The molecule has 0 aliphatic heterocycles. The van der Waals surface area contributed by atoms with E-state index in [-0.39, 0.29) is 0 Å². The fourth-order valence-electron chi connectivity index (χ4n) is 0.341. The van der Waals surface area contributed by atoms with Gasteiger partial charge in [0.2, 0.25) is 0 Å². The van der Waals surface area contributed by atoms with Gasteiger partial charge in [0.15, 0.2) is 0 Å². The van der Waals surface area contributed by atoms with Crippen molar-refractivity contribution in [3.63, 3.8) is 0 Å². The van der Waals surface area contributed by atoms with Gasteiger partial charge < -0.3 is 14.6 Å². The number of carboxylic acids is 1. The number of aliphatic carboxylic acids is 1. The van der Waals surface area contributed by atoms with Crippen LogP contribution in [0.3, 0.4) is 0 Å².